The molecule has 0 saturated carbocycles. The van der Waals surface area contributed by atoms with Crippen molar-refractivity contribution in [3.05, 3.63) is 65.5 Å². The van der Waals surface area contributed by atoms with E-state index in [2.05, 4.69) is 20.9 Å². The normalized spacial score (nSPS) is 34.7. The smallest absolute Gasteiger partial charge is 0.264 e. The van der Waals surface area contributed by atoms with Crippen molar-refractivity contribution in [3.8, 4) is 0 Å². The molecule has 22 nitrogen and oxygen atoms in total. The Labute approximate surface area is 355 Å². The fraction of sp³-hybridized carbons (Fsp3) is 0.564. The lowest BCUT2D eigenvalue weighted by atomic mass is 9.82. The van der Waals surface area contributed by atoms with E-state index in [0.29, 0.717) is 41.9 Å². The summed E-state index contributed by atoms with van der Waals surface area (Å²) >= 11 is 0. The second-order valence-corrected chi connectivity index (χ2v) is 20.7. The average Bonchev–Trinajstić information content (AvgIpc) is 3.88. The zero-order valence-corrected chi connectivity index (χ0v) is 34.9. The topological polar surface area (TPSA) is 339 Å². The minimum absolute atomic E-state index is 0.0214. The van der Waals surface area contributed by atoms with Gasteiger partial charge in [0.2, 0.25) is 0 Å². The van der Waals surface area contributed by atoms with E-state index in [4.69, 9.17) is 14.2 Å². The van der Waals surface area contributed by atoms with Crippen LogP contribution in [-0.4, -0.2) is 166 Å². The molecular weight excluding hydrogens is 837 g/mol. The number of aliphatic hydroxyl groups excluding tert-OH is 9. The van der Waals surface area contributed by atoms with Gasteiger partial charge in [0.1, 0.15) is 36.6 Å². The Kier molecular flexibility index (Phi) is 13.0. The molecule has 62 heavy (non-hydrogen) atoms. The van der Waals surface area contributed by atoms with Crippen molar-refractivity contribution in [1.82, 2.24) is 15.0 Å². The number of fused-ring (bicyclic) bond motifs is 2. The maximum absolute atomic E-state index is 15.1. The van der Waals surface area contributed by atoms with E-state index in [0.717, 1.165) is 0 Å². The maximum Gasteiger partial charge on any atom is 0.264 e. The summed E-state index contributed by atoms with van der Waals surface area (Å²) in [4.78, 5) is 54.7. The molecule has 7 rings (SSSR count). The summed E-state index contributed by atoms with van der Waals surface area (Å²) < 4.78 is 18.6. The van der Waals surface area contributed by atoms with Gasteiger partial charge in [0.25, 0.3) is 17.7 Å². The van der Waals surface area contributed by atoms with Crippen LogP contribution in [0.25, 0.3) is 0 Å². The third-order valence-corrected chi connectivity index (χ3v) is 14.6. The van der Waals surface area contributed by atoms with Gasteiger partial charge in [0.15, 0.2) is 38.7 Å². The van der Waals surface area contributed by atoms with E-state index in [1.807, 2.05) is 6.92 Å². The van der Waals surface area contributed by atoms with E-state index in [1.165, 1.54) is 29.2 Å². The van der Waals surface area contributed by atoms with Crippen LogP contribution in [0.5, 0.6) is 0 Å². The van der Waals surface area contributed by atoms with Gasteiger partial charge in [0, 0.05) is 54.2 Å². The Morgan fingerprint density at radius 2 is 1.39 bits per heavy atom. The Morgan fingerprint density at radius 1 is 0.823 bits per heavy atom. The number of carbonyl (C=O) groups excluding carboxylic acids is 3. The third-order valence-electron chi connectivity index (χ3n) is 12.1. The molecule has 1 aromatic heterocycles. The number of aliphatic hydroxyl groups is 9. The van der Waals surface area contributed by atoms with Crippen LogP contribution in [0.15, 0.2) is 48.7 Å². The molecule has 0 unspecified atom stereocenters. The molecule has 3 amide bonds. The van der Waals surface area contributed by atoms with Crippen molar-refractivity contribution in [2.45, 2.75) is 125 Å². The third kappa shape index (κ3) is 8.41. The molecule has 0 aliphatic carbocycles. The SMILES string of the molecule is C[C@@H]1[C@@H]([Si](C)(C)O)[C@H](CCn2cc(CCO)nn2)O[C@@]12C(=O)N(Cc1ccc(NC(=O)[C@H]3O[C@@H](O)[C@H](O)[C@@H](O)[C@@H]3O)cc1)c1ccc(NC(=O)[C@H]3O[C@@H](O)[C@H](O)[C@@H](O)[C@@H]3O)cc12. The van der Waals surface area contributed by atoms with E-state index >= 15 is 4.79 Å². The summed E-state index contributed by atoms with van der Waals surface area (Å²) in [5.41, 5.74) is 0.103. The van der Waals surface area contributed by atoms with Crippen molar-refractivity contribution in [3.63, 3.8) is 0 Å². The molecule has 4 aliphatic heterocycles. The lowest BCUT2D eigenvalue weighted by molar-refractivity contribution is -0.274. The van der Waals surface area contributed by atoms with Gasteiger partial charge in [-0.05, 0) is 55.4 Å². The monoisotopic (exact) mass is 888 g/mol. The minimum atomic E-state index is -3.13. The lowest BCUT2D eigenvalue weighted by Crippen LogP contribution is -2.60. The minimum Gasteiger partial charge on any atom is -0.432 e. The van der Waals surface area contributed by atoms with Crippen LogP contribution < -0.4 is 15.5 Å². The van der Waals surface area contributed by atoms with Gasteiger partial charge in [0.05, 0.1) is 24.0 Å². The first kappa shape index (κ1) is 45.7. The summed E-state index contributed by atoms with van der Waals surface area (Å²) in [6.45, 7) is 5.53. The van der Waals surface area contributed by atoms with Crippen LogP contribution in [-0.2, 0) is 53.7 Å². The van der Waals surface area contributed by atoms with Crippen molar-refractivity contribution in [2.24, 2.45) is 5.92 Å². The molecule has 3 saturated heterocycles. The molecular formula is C39H52N6O16Si. The number of hydrogen-bond donors (Lipinski definition) is 12. The van der Waals surface area contributed by atoms with Gasteiger partial charge in [-0.15, -0.1) is 5.10 Å². The molecule has 3 aromatic rings. The molecule has 23 heteroatoms. The summed E-state index contributed by atoms with van der Waals surface area (Å²) in [6, 6.07) is 10.9. The van der Waals surface area contributed by atoms with Crippen LogP contribution in [0.3, 0.4) is 0 Å². The highest BCUT2D eigenvalue weighted by molar-refractivity contribution is 6.71. The quantitative estimate of drug-likeness (QED) is 0.0794. The zero-order valence-electron chi connectivity index (χ0n) is 33.9. The molecule has 3 fully saturated rings. The predicted molar refractivity (Wildman–Crippen MR) is 214 cm³/mol. The summed E-state index contributed by atoms with van der Waals surface area (Å²) in [6.07, 6.45) is -16.8. The van der Waals surface area contributed by atoms with Gasteiger partial charge >= 0.3 is 0 Å². The highest BCUT2D eigenvalue weighted by Crippen LogP contribution is 2.60. The number of aromatic nitrogens is 3. The fourth-order valence-electron chi connectivity index (χ4n) is 8.98. The highest BCUT2D eigenvalue weighted by Gasteiger charge is 2.66. The molecule has 2 aromatic carbocycles. The number of benzene rings is 2. The number of nitrogens with one attached hydrogen (secondary N) is 2. The molecule has 5 heterocycles. The molecule has 1 spiro atoms. The van der Waals surface area contributed by atoms with Crippen LogP contribution in [0.1, 0.15) is 30.2 Å². The first-order valence-electron chi connectivity index (χ1n) is 20.1. The second-order valence-electron chi connectivity index (χ2n) is 16.7. The van der Waals surface area contributed by atoms with Crippen LogP contribution in [0, 0.1) is 5.92 Å². The van der Waals surface area contributed by atoms with Crippen LogP contribution in [0.2, 0.25) is 18.6 Å². The second kappa shape index (κ2) is 17.7. The number of rotatable bonds is 12. The Hall–Kier alpha value is -4.31. The molecule has 12 N–H and O–H groups in total. The number of amides is 3. The largest absolute Gasteiger partial charge is 0.432 e. The van der Waals surface area contributed by atoms with Crippen molar-refractivity contribution in [2.75, 3.05) is 22.1 Å². The van der Waals surface area contributed by atoms with Gasteiger partial charge < -0.3 is 80.5 Å². The maximum atomic E-state index is 15.1. The summed E-state index contributed by atoms with van der Waals surface area (Å²) in [5.74, 6) is -2.97. The van der Waals surface area contributed by atoms with E-state index in [-0.39, 0.29) is 24.5 Å². The number of anilines is 3. The fourth-order valence-corrected chi connectivity index (χ4v) is 11.6. The highest BCUT2D eigenvalue weighted by atomic mass is 28.4. The Morgan fingerprint density at radius 3 is 1.95 bits per heavy atom. The number of nitrogens with zero attached hydrogens (tertiary/aromatic N) is 4. The Balaban J connectivity index is 1.18. The van der Waals surface area contributed by atoms with Gasteiger partial charge in [-0.3, -0.25) is 19.1 Å². The van der Waals surface area contributed by atoms with E-state index in [9.17, 15) is 60.3 Å². The molecule has 0 radical (unpaired) electrons. The standard InChI is InChI=1S/C39H52N6O16Si/c1-17-33(62(2,3)58)24(10-12-44-16-21(11-13-46)42-43-44)61-39(17)22-14-20(41-35(54)32-28(50)26(48)30(52)37(56)60-32)8-9-23(22)45(38(39)57)15-18-4-6-19(7-5-18)40-34(53)31-27(49)25(47)29(51)36(55)59-31/h4-9,14,16-17,24-33,36-37,46-52,55-56,58H,10-13,15H2,1-3H3,(H,40,53)(H,41,54)/t17-,24+,25+,26+,27+,28+,29-,30-,31+,32+,33-,36-,37-,39+/m1/s1. The van der Waals surface area contributed by atoms with Crippen molar-refractivity contribution >= 4 is 43.1 Å². The zero-order chi connectivity index (χ0) is 45.0. The van der Waals surface area contributed by atoms with Gasteiger partial charge in [-0.1, -0.05) is 24.3 Å². The van der Waals surface area contributed by atoms with E-state index < -0.39 is 111 Å². The van der Waals surface area contributed by atoms with Gasteiger partial charge in [-0.25, -0.2) is 0 Å². The number of hydrogen-bond acceptors (Lipinski definition) is 18. The first-order chi connectivity index (χ1) is 29.3. The summed E-state index contributed by atoms with van der Waals surface area (Å²) in [7, 11) is -3.13. The van der Waals surface area contributed by atoms with E-state index in [1.54, 1.807) is 42.2 Å². The average molecular weight is 889 g/mol. The Bertz CT molecular complexity index is 2120. The number of ether oxygens (including phenoxy) is 3. The van der Waals surface area contributed by atoms with Crippen molar-refractivity contribution < 1.29 is 79.3 Å². The lowest BCUT2D eigenvalue weighted by Gasteiger charge is -2.37. The number of carbonyl (C=O) groups is 3. The van der Waals surface area contributed by atoms with Crippen LogP contribution >= 0.6 is 0 Å². The molecule has 14 atom stereocenters. The molecule has 4 aliphatic rings. The predicted octanol–water partition coefficient (Wildman–Crippen LogP) is -3.28. The number of aryl methyl sites for hydroxylation is 1. The molecule has 338 valence electrons. The van der Waals surface area contributed by atoms with Gasteiger partial charge in [-0.2, -0.15) is 0 Å². The molecule has 0 bridgehead atoms. The summed E-state index contributed by atoms with van der Waals surface area (Å²) in [5, 5.41) is 103. The van der Waals surface area contributed by atoms with Crippen molar-refractivity contribution in [1.29, 1.82) is 0 Å². The van der Waals surface area contributed by atoms with Crippen LogP contribution in [0.4, 0.5) is 17.1 Å². The first-order valence-corrected chi connectivity index (χ1v) is 23.1.